The van der Waals surface area contributed by atoms with Gasteiger partial charge in [0.1, 0.15) is 17.8 Å². The summed E-state index contributed by atoms with van der Waals surface area (Å²) in [4.78, 5) is 143. The number of imide groups is 1. The maximum absolute atomic E-state index is 14.6. The van der Waals surface area contributed by atoms with Crippen LogP contribution in [0.4, 0.5) is 11.4 Å². The molecule has 27 nitrogen and oxygen atoms in total. The fraction of sp³-hybridized carbons (Fsp3) is 0.524. The fourth-order valence-corrected chi connectivity index (χ4v) is 12.2. The van der Waals surface area contributed by atoms with Crippen molar-refractivity contribution in [1.29, 1.82) is 0 Å². The van der Waals surface area contributed by atoms with Crippen LogP contribution in [0.2, 0.25) is 0 Å². The van der Waals surface area contributed by atoms with Crippen LogP contribution in [0.5, 0.6) is 0 Å². The number of piperazine rings is 1. The number of anilines is 2. The van der Waals surface area contributed by atoms with E-state index in [0.717, 1.165) is 64.4 Å². The van der Waals surface area contributed by atoms with Crippen molar-refractivity contribution in [2.24, 2.45) is 0 Å². The lowest BCUT2D eigenvalue weighted by Crippen LogP contribution is -2.50. The Kier molecular flexibility index (Phi) is 28.5. The molecule has 2 aliphatic heterocycles. The van der Waals surface area contributed by atoms with E-state index in [0.29, 0.717) is 29.6 Å². The number of rotatable bonds is 38. The zero-order chi connectivity index (χ0) is 67.0. The minimum Gasteiger partial charge on any atom is -0.378 e. The SMILES string of the molecule is CCN(CC)c1ccc2c(-c3ccccc3C(=O)N3CCN(C(=O)CCCCC(=O)NC(CS(=O)(=O)O)C(=O)NCCCCC(=O)NC(CCP(=O)(O)O)C(=O)NCCCCC(=O)NCCOCCN4C(=O)C=CC4=O)CC3)c3ccc(N(CC)CC)cc3[o+]c2c1. The molecule has 3 aromatic carbocycles. The molecule has 29 heteroatoms. The third kappa shape index (κ3) is 22.5. The molecule has 4 aromatic rings. The summed E-state index contributed by atoms with van der Waals surface area (Å²) in [7, 11) is -9.32. The summed E-state index contributed by atoms with van der Waals surface area (Å²) < 4.78 is 57.1. The first-order valence-electron chi connectivity index (χ1n) is 31.5. The first-order chi connectivity index (χ1) is 43.9. The van der Waals surface area contributed by atoms with Gasteiger partial charge in [-0.2, -0.15) is 8.42 Å². The summed E-state index contributed by atoms with van der Waals surface area (Å²) in [5, 5.41) is 14.3. The summed E-state index contributed by atoms with van der Waals surface area (Å²) in [6, 6.07) is 17.0. The molecule has 0 spiro atoms. The van der Waals surface area contributed by atoms with Crippen molar-refractivity contribution in [3.8, 4) is 11.1 Å². The Morgan fingerprint density at radius 2 is 1.13 bits per heavy atom. The minimum atomic E-state index is -4.76. The number of carbonyl (C=O) groups is 9. The fourth-order valence-electron chi connectivity index (χ4n) is 10.9. The van der Waals surface area contributed by atoms with Crippen molar-refractivity contribution >= 4 is 104 Å². The van der Waals surface area contributed by atoms with Crippen LogP contribution in [-0.4, -0.2) is 206 Å². The summed E-state index contributed by atoms with van der Waals surface area (Å²) in [5.74, 6) is -5.55. The molecule has 2 atom stereocenters. The molecule has 8 N–H and O–H groups in total. The van der Waals surface area contributed by atoms with Crippen molar-refractivity contribution in [1.82, 2.24) is 41.3 Å². The van der Waals surface area contributed by atoms with E-state index < -0.39 is 77.2 Å². The zero-order valence-electron chi connectivity index (χ0n) is 52.8. The normalized spacial score (nSPS) is 14.1. The highest BCUT2D eigenvalue weighted by Crippen LogP contribution is 2.41. The number of hydrogen-bond acceptors (Lipinski definition) is 15. The van der Waals surface area contributed by atoms with E-state index in [1.54, 1.807) is 9.80 Å². The standard InChI is InChI=1S/C63H87N10O17PS/c1-5-69(6-2)44-23-25-48-52(41-44)90-53-42-45(70(7-3)8-4)24-26-49(53)60(48)46-17-9-10-18-47(46)63(82)72-35-33-71(34-36-72)57(77)22-12-11-20-56(76)68-51(43-92(86,87)88)62(81)66-31-16-14-21-55(75)67-50(29-40-91(83,84)85)61(80)65-30-15-13-19-54(74)64-32-38-89-39-37-73-58(78)27-28-59(73)79/h9-10,17-18,23-28,41-42,50-51H,5-8,11-16,19-22,29-40,43H2,1-4H3,(H7-,64,65,66,67,68,74,75,76,80,81,83,84,85,86,87,88)/p+1. The Balaban J connectivity index is 0.903. The van der Waals surface area contributed by atoms with E-state index in [4.69, 9.17) is 9.15 Å². The molecule has 502 valence electrons. The smallest absolute Gasteiger partial charge is 0.363 e. The van der Waals surface area contributed by atoms with E-state index in [1.807, 2.05) is 24.3 Å². The van der Waals surface area contributed by atoms with E-state index in [9.17, 15) is 70.5 Å². The number of nitrogens with zero attached hydrogens (tertiary/aromatic N) is 5. The minimum absolute atomic E-state index is 0.0840. The van der Waals surface area contributed by atoms with Gasteiger partial charge in [-0.25, -0.2) is 4.42 Å². The van der Waals surface area contributed by atoms with E-state index in [1.165, 1.54) is 12.2 Å². The average Bonchev–Trinajstić information content (AvgIpc) is 0.906. The van der Waals surface area contributed by atoms with Crippen LogP contribution in [0.15, 0.2) is 77.2 Å². The maximum atomic E-state index is 14.6. The van der Waals surface area contributed by atoms with Crippen LogP contribution >= 0.6 is 7.60 Å². The number of amides is 9. The van der Waals surface area contributed by atoms with Crippen LogP contribution in [-0.2, 0) is 57.8 Å². The maximum Gasteiger partial charge on any atom is 0.363 e. The Morgan fingerprint density at radius 1 is 0.630 bits per heavy atom. The lowest BCUT2D eigenvalue weighted by atomic mass is 9.92. The first kappa shape index (κ1) is 73.2. The number of ether oxygens (including phenoxy) is 1. The van der Waals surface area contributed by atoms with Gasteiger partial charge in [0.2, 0.25) is 35.4 Å². The third-order valence-corrected chi connectivity index (χ3v) is 17.5. The molecule has 2 aliphatic rings. The van der Waals surface area contributed by atoms with Gasteiger partial charge >= 0.3 is 18.8 Å². The van der Waals surface area contributed by atoms with Crippen molar-refractivity contribution < 1.29 is 79.6 Å². The quantitative estimate of drug-likeness (QED) is 0.00781. The predicted octanol–water partition coefficient (Wildman–Crippen LogP) is 4.13. The van der Waals surface area contributed by atoms with Gasteiger partial charge in [-0.05, 0) is 109 Å². The van der Waals surface area contributed by atoms with Crippen LogP contribution in [0.3, 0.4) is 0 Å². The highest BCUT2D eigenvalue weighted by molar-refractivity contribution is 7.85. The Bertz CT molecular complexity index is 3370. The molecule has 3 heterocycles. The molecule has 92 heavy (non-hydrogen) atoms. The molecule has 1 fully saturated rings. The monoisotopic (exact) mass is 1320 g/mol. The molecule has 1 saturated heterocycles. The Hall–Kier alpha value is -7.88. The van der Waals surface area contributed by atoms with E-state index >= 15 is 0 Å². The predicted molar refractivity (Wildman–Crippen MR) is 347 cm³/mol. The van der Waals surface area contributed by atoms with Gasteiger partial charge in [-0.3, -0.25) is 57.2 Å². The van der Waals surface area contributed by atoms with Gasteiger partial charge in [-0.1, -0.05) is 18.2 Å². The number of nitrogens with one attached hydrogen (secondary N) is 5. The van der Waals surface area contributed by atoms with Crippen molar-refractivity contribution in [2.45, 2.75) is 110 Å². The molecule has 0 bridgehead atoms. The second-order valence-electron chi connectivity index (χ2n) is 22.4. The molecule has 2 unspecified atom stereocenters. The zero-order valence-corrected chi connectivity index (χ0v) is 54.5. The summed E-state index contributed by atoms with van der Waals surface area (Å²) >= 11 is 0. The Labute approximate surface area is 536 Å². The van der Waals surface area contributed by atoms with E-state index in [2.05, 4.69) is 100 Å². The number of carbonyl (C=O) groups excluding carboxylic acids is 9. The summed E-state index contributed by atoms with van der Waals surface area (Å²) in [6.07, 6.45) is 2.64. The number of fused-ring (bicyclic) bond motifs is 2. The molecular formula is C63H88N10O17PS+. The molecule has 6 rings (SSSR count). The second kappa shape index (κ2) is 35.8. The van der Waals surface area contributed by atoms with E-state index in [-0.39, 0.29) is 141 Å². The molecular weight excluding hydrogens is 1230 g/mol. The number of unbranched alkanes of at least 4 members (excludes halogenated alkanes) is 3. The Morgan fingerprint density at radius 3 is 1.67 bits per heavy atom. The molecule has 0 aliphatic carbocycles. The molecule has 9 amide bonds. The molecule has 0 saturated carbocycles. The number of benzene rings is 3. The number of hydrogen-bond donors (Lipinski definition) is 8. The van der Waals surface area contributed by atoms with Crippen LogP contribution in [0.25, 0.3) is 33.1 Å². The van der Waals surface area contributed by atoms with Gasteiger partial charge in [0.25, 0.3) is 27.8 Å². The van der Waals surface area contributed by atoms with Gasteiger partial charge in [0.05, 0.1) is 48.8 Å². The lowest BCUT2D eigenvalue weighted by Gasteiger charge is -2.35. The van der Waals surface area contributed by atoms with Crippen molar-refractivity contribution in [3.05, 3.63) is 78.4 Å². The topological polar surface area (TPSA) is 362 Å². The van der Waals surface area contributed by atoms with Crippen molar-refractivity contribution in [3.63, 3.8) is 0 Å². The summed E-state index contributed by atoms with van der Waals surface area (Å²) in [6.45, 7) is 13.4. The first-order valence-corrected chi connectivity index (χ1v) is 34.9. The molecule has 0 radical (unpaired) electrons. The highest BCUT2D eigenvalue weighted by Gasteiger charge is 2.32. The largest absolute Gasteiger partial charge is 0.378 e. The summed E-state index contributed by atoms with van der Waals surface area (Å²) in [5.41, 5.74) is 5.61. The van der Waals surface area contributed by atoms with Gasteiger partial charge in [-0.15, -0.1) is 0 Å². The van der Waals surface area contributed by atoms with Gasteiger partial charge in [0.15, 0.2) is 0 Å². The van der Waals surface area contributed by atoms with Crippen molar-refractivity contribution in [2.75, 3.05) is 113 Å². The molecule has 1 aromatic heterocycles. The van der Waals surface area contributed by atoms with Crippen LogP contribution < -0.4 is 36.4 Å². The third-order valence-electron chi connectivity index (χ3n) is 15.9. The van der Waals surface area contributed by atoms with Gasteiger partial charge in [0, 0.05) is 132 Å². The van der Waals surface area contributed by atoms with Crippen LogP contribution in [0.1, 0.15) is 109 Å². The lowest BCUT2D eigenvalue weighted by molar-refractivity contribution is -0.138. The van der Waals surface area contributed by atoms with Gasteiger partial charge < -0.3 is 60.7 Å². The average molecular weight is 1320 g/mol. The second-order valence-corrected chi connectivity index (χ2v) is 25.7. The van der Waals surface area contributed by atoms with Crippen LogP contribution in [0, 0.1) is 0 Å². The highest BCUT2D eigenvalue weighted by atomic mass is 32.2.